The van der Waals surface area contributed by atoms with Crippen molar-refractivity contribution in [2.24, 2.45) is 0 Å². The molecule has 1 aliphatic heterocycles. The van der Waals surface area contributed by atoms with Crippen molar-refractivity contribution in [1.29, 1.82) is 0 Å². The molecule has 140 valence electrons. The average Bonchev–Trinajstić information content (AvgIpc) is 3.26. The lowest BCUT2D eigenvalue weighted by Crippen LogP contribution is -2.36. The Kier molecular flexibility index (Phi) is 5.09. The minimum absolute atomic E-state index is 0.153. The number of aryl methyl sites for hydroxylation is 1. The van der Waals surface area contributed by atoms with E-state index in [0.717, 1.165) is 38.7 Å². The molecule has 1 N–H and O–H groups in total. The molecule has 0 amide bonds. The van der Waals surface area contributed by atoms with Crippen LogP contribution in [0.4, 0.5) is 5.82 Å². The quantitative estimate of drug-likeness (QED) is 0.522. The second-order valence-corrected chi connectivity index (χ2v) is 8.78. The Morgan fingerprint density at radius 1 is 1.37 bits per heavy atom. The standard InChI is InChI=1S/C19H17BrClN3O2S/c1-2-13-14(10-5-7-11(20)8-6-10)15-16(22-19(21)23-17(15)27-13)24-9-3-4-12(24)18(25)26/h5-8,12H,2-4,9H2,1H3,(H,25,26). The number of hydrogen-bond donors (Lipinski definition) is 1. The molecule has 2 aromatic heterocycles. The maximum atomic E-state index is 11.7. The number of hydrogen-bond acceptors (Lipinski definition) is 5. The average molecular weight is 467 g/mol. The first-order chi connectivity index (χ1) is 13.0. The Balaban J connectivity index is 2.00. The molecular weight excluding hydrogens is 450 g/mol. The van der Waals surface area contributed by atoms with Gasteiger partial charge in [0.05, 0.1) is 5.39 Å². The van der Waals surface area contributed by atoms with Gasteiger partial charge >= 0.3 is 5.97 Å². The van der Waals surface area contributed by atoms with Crippen LogP contribution in [0.25, 0.3) is 21.3 Å². The molecule has 4 rings (SSSR count). The Bertz CT molecular complexity index is 1020. The van der Waals surface area contributed by atoms with Crippen LogP contribution in [0.2, 0.25) is 5.28 Å². The summed E-state index contributed by atoms with van der Waals surface area (Å²) in [6, 6.07) is 7.54. The molecule has 1 atom stereocenters. The molecule has 27 heavy (non-hydrogen) atoms. The summed E-state index contributed by atoms with van der Waals surface area (Å²) in [5.74, 6) is -0.199. The summed E-state index contributed by atoms with van der Waals surface area (Å²) in [7, 11) is 0. The first-order valence-electron chi connectivity index (χ1n) is 8.74. The predicted octanol–water partition coefficient (Wildman–Crippen LogP) is 5.39. The first kappa shape index (κ1) is 18.7. The number of halogens is 2. The normalized spacial score (nSPS) is 17.0. The highest BCUT2D eigenvalue weighted by atomic mass is 79.9. The van der Waals surface area contributed by atoms with Crippen LogP contribution < -0.4 is 4.90 Å². The van der Waals surface area contributed by atoms with E-state index in [1.165, 1.54) is 4.88 Å². The van der Waals surface area contributed by atoms with Gasteiger partial charge in [0.15, 0.2) is 0 Å². The fourth-order valence-electron chi connectivity index (χ4n) is 3.66. The molecular formula is C19H17BrClN3O2S. The molecule has 0 aliphatic carbocycles. The zero-order chi connectivity index (χ0) is 19.1. The fourth-order valence-corrected chi connectivity index (χ4v) is 5.27. The van der Waals surface area contributed by atoms with Crippen LogP contribution in [0.3, 0.4) is 0 Å². The second kappa shape index (κ2) is 7.37. The van der Waals surface area contributed by atoms with Crippen molar-refractivity contribution in [2.75, 3.05) is 11.4 Å². The maximum Gasteiger partial charge on any atom is 0.326 e. The van der Waals surface area contributed by atoms with Gasteiger partial charge in [-0.2, -0.15) is 4.98 Å². The van der Waals surface area contributed by atoms with E-state index in [1.807, 2.05) is 17.0 Å². The summed E-state index contributed by atoms with van der Waals surface area (Å²) in [6.07, 6.45) is 2.28. The largest absolute Gasteiger partial charge is 0.480 e. The van der Waals surface area contributed by atoms with Crippen LogP contribution in [-0.2, 0) is 11.2 Å². The number of benzene rings is 1. The van der Waals surface area contributed by atoms with Crippen LogP contribution >= 0.6 is 38.9 Å². The minimum Gasteiger partial charge on any atom is -0.480 e. The number of aliphatic carboxylic acids is 1. The Morgan fingerprint density at radius 3 is 2.78 bits per heavy atom. The van der Waals surface area contributed by atoms with Gasteiger partial charge in [0.2, 0.25) is 5.28 Å². The summed E-state index contributed by atoms with van der Waals surface area (Å²) < 4.78 is 1.01. The number of fused-ring (bicyclic) bond motifs is 1. The van der Waals surface area contributed by atoms with Gasteiger partial charge in [-0.05, 0) is 48.6 Å². The summed E-state index contributed by atoms with van der Waals surface area (Å²) in [4.78, 5) is 24.5. The molecule has 3 heterocycles. The predicted molar refractivity (Wildman–Crippen MR) is 113 cm³/mol. The van der Waals surface area contributed by atoms with E-state index in [-0.39, 0.29) is 5.28 Å². The number of carbonyl (C=O) groups is 1. The molecule has 0 radical (unpaired) electrons. The lowest BCUT2D eigenvalue weighted by atomic mass is 10.0. The molecule has 1 saturated heterocycles. The zero-order valence-electron chi connectivity index (χ0n) is 14.6. The smallest absolute Gasteiger partial charge is 0.326 e. The lowest BCUT2D eigenvalue weighted by molar-refractivity contribution is -0.138. The molecule has 8 heteroatoms. The highest BCUT2D eigenvalue weighted by Gasteiger charge is 2.34. The minimum atomic E-state index is -0.827. The van der Waals surface area contributed by atoms with Crippen LogP contribution in [0, 0.1) is 0 Å². The number of thiophene rings is 1. The van der Waals surface area contributed by atoms with E-state index < -0.39 is 12.0 Å². The topological polar surface area (TPSA) is 66.3 Å². The third kappa shape index (κ3) is 3.32. The van der Waals surface area contributed by atoms with Crippen LogP contribution in [-0.4, -0.2) is 33.6 Å². The van der Waals surface area contributed by atoms with Crippen molar-refractivity contribution >= 4 is 60.9 Å². The molecule has 1 unspecified atom stereocenters. The summed E-state index contributed by atoms with van der Waals surface area (Å²) in [5, 5.41) is 10.7. The van der Waals surface area contributed by atoms with E-state index in [4.69, 9.17) is 11.6 Å². The van der Waals surface area contributed by atoms with Crippen molar-refractivity contribution < 1.29 is 9.90 Å². The first-order valence-corrected chi connectivity index (χ1v) is 10.7. The Hall–Kier alpha value is -1.70. The molecule has 3 aromatic rings. The van der Waals surface area contributed by atoms with Crippen molar-refractivity contribution in [1.82, 2.24) is 9.97 Å². The highest BCUT2D eigenvalue weighted by Crippen LogP contribution is 2.44. The van der Waals surface area contributed by atoms with Crippen LogP contribution in [0.5, 0.6) is 0 Å². The molecule has 0 spiro atoms. The van der Waals surface area contributed by atoms with E-state index in [2.05, 4.69) is 45.0 Å². The molecule has 5 nitrogen and oxygen atoms in total. The summed E-state index contributed by atoms with van der Waals surface area (Å²) in [6.45, 7) is 2.76. The van der Waals surface area contributed by atoms with E-state index >= 15 is 0 Å². The molecule has 1 fully saturated rings. The van der Waals surface area contributed by atoms with Gasteiger partial charge < -0.3 is 10.0 Å². The van der Waals surface area contributed by atoms with Crippen molar-refractivity contribution in [3.05, 3.63) is 38.9 Å². The van der Waals surface area contributed by atoms with E-state index in [0.29, 0.717) is 18.8 Å². The van der Waals surface area contributed by atoms with Crippen LogP contribution in [0.1, 0.15) is 24.6 Å². The Labute approximate surface area is 174 Å². The third-order valence-corrected chi connectivity index (χ3v) is 6.77. The van der Waals surface area contributed by atoms with E-state index in [1.54, 1.807) is 11.3 Å². The maximum absolute atomic E-state index is 11.7. The van der Waals surface area contributed by atoms with Crippen molar-refractivity contribution in [3.63, 3.8) is 0 Å². The van der Waals surface area contributed by atoms with Crippen molar-refractivity contribution in [3.8, 4) is 11.1 Å². The van der Waals surface area contributed by atoms with Gasteiger partial charge in [0, 0.05) is 21.5 Å². The molecule has 1 aliphatic rings. The number of anilines is 1. The van der Waals surface area contributed by atoms with Gasteiger partial charge in [-0.25, -0.2) is 9.78 Å². The Morgan fingerprint density at radius 2 is 2.11 bits per heavy atom. The molecule has 0 saturated carbocycles. The summed E-state index contributed by atoms with van der Waals surface area (Å²) >= 11 is 11.3. The van der Waals surface area contributed by atoms with Crippen LogP contribution in [0.15, 0.2) is 28.7 Å². The number of rotatable bonds is 4. The summed E-state index contributed by atoms with van der Waals surface area (Å²) in [5.41, 5.74) is 2.15. The van der Waals surface area contributed by atoms with Gasteiger partial charge in [0.25, 0.3) is 0 Å². The number of carboxylic acids is 1. The number of nitrogens with zero attached hydrogens (tertiary/aromatic N) is 3. The zero-order valence-corrected chi connectivity index (χ0v) is 17.7. The highest BCUT2D eigenvalue weighted by molar-refractivity contribution is 9.10. The fraction of sp³-hybridized carbons (Fsp3) is 0.316. The second-order valence-electron chi connectivity index (χ2n) is 6.45. The van der Waals surface area contributed by atoms with Gasteiger partial charge in [0.1, 0.15) is 16.7 Å². The number of aromatic nitrogens is 2. The molecule has 0 bridgehead atoms. The van der Waals surface area contributed by atoms with Gasteiger partial charge in [-0.3, -0.25) is 0 Å². The van der Waals surface area contributed by atoms with Crippen molar-refractivity contribution in [2.45, 2.75) is 32.2 Å². The third-order valence-electron chi connectivity index (χ3n) is 4.84. The van der Waals surface area contributed by atoms with Gasteiger partial charge in [-0.15, -0.1) is 11.3 Å². The van der Waals surface area contributed by atoms with Gasteiger partial charge in [-0.1, -0.05) is 35.0 Å². The van der Waals surface area contributed by atoms with E-state index in [9.17, 15) is 9.90 Å². The lowest BCUT2D eigenvalue weighted by Gasteiger charge is -2.23. The molecule has 1 aromatic carbocycles. The SMILES string of the molecule is CCc1sc2nc(Cl)nc(N3CCCC3C(=O)O)c2c1-c1ccc(Br)cc1. The monoisotopic (exact) mass is 465 g/mol. The number of carboxylic acid groups (broad SMARTS) is 1.